The molecule has 1 fully saturated rings. The number of amides is 2. The summed E-state index contributed by atoms with van der Waals surface area (Å²) >= 11 is 1.00. The first kappa shape index (κ1) is 12.2. The van der Waals surface area contributed by atoms with Gasteiger partial charge in [0.1, 0.15) is 0 Å². The molecular weight excluding hydrogens is 375 g/mol. The maximum atomic E-state index is 11.7. The van der Waals surface area contributed by atoms with Crippen molar-refractivity contribution in [1.29, 1.82) is 0 Å². The molecule has 0 bridgehead atoms. The van der Waals surface area contributed by atoms with E-state index in [4.69, 9.17) is 4.74 Å². The van der Waals surface area contributed by atoms with Crippen molar-refractivity contribution in [2.75, 3.05) is 26.3 Å². The Morgan fingerprint density at radius 2 is 2.00 bits per heavy atom. The predicted octanol–water partition coefficient (Wildman–Crippen LogP) is 0.179. The molecule has 79 valence electrons. The Labute approximate surface area is 101 Å². The van der Waals surface area contributed by atoms with E-state index in [1.165, 1.54) is 0 Å². The molecule has 0 aliphatic carbocycles. The molecule has 1 unspecified atom stereocenters. The summed E-state index contributed by atoms with van der Waals surface area (Å²) in [5, 5.41) is 3.04. The van der Waals surface area contributed by atoms with Crippen molar-refractivity contribution in [3.8, 4) is 0 Å². The van der Waals surface area contributed by atoms with E-state index in [9.17, 15) is 4.79 Å². The van der Waals surface area contributed by atoms with Crippen molar-refractivity contribution in [2.24, 2.45) is 5.92 Å². The molecule has 1 aliphatic heterocycles. The van der Waals surface area contributed by atoms with E-state index in [-0.39, 0.29) is 6.03 Å². The van der Waals surface area contributed by atoms with Crippen LogP contribution in [0.4, 0.5) is 4.79 Å². The second kappa shape index (κ2) is 5.89. The Morgan fingerprint density at radius 3 is 2.50 bits per heavy atom. The predicted molar refractivity (Wildman–Crippen MR) is 55.3 cm³/mol. The molecule has 1 rings (SSSR count). The Morgan fingerprint density at radius 1 is 1.43 bits per heavy atom. The summed E-state index contributed by atoms with van der Waals surface area (Å²) in [5.74, 6) is 0.534. The molecular formula is C9H17N2O2Pb. The van der Waals surface area contributed by atoms with Gasteiger partial charge in [0.15, 0.2) is 0 Å². The molecule has 14 heavy (non-hydrogen) atoms. The fourth-order valence-corrected chi connectivity index (χ4v) is 1.64. The average Bonchev–Trinajstić information content (AvgIpc) is 2.19. The molecule has 4 nitrogen and oxygen atoms in total. The minimum atomic E-state index is 0.0713. The van der Waals surface area contributed by atoms with Gasteiger partial charge in [-0.25, -0.2) is 0 Å². The van der Waals surface area contributed by atoms with Gasteiger partial charge in [-0.2, -0.15) is 0 Å². The van der Waals surface area contributed by atoms with E-state index in [2.05, 4.69) is 19.2 Å². The van der Waals surface area contributed by atoms with Crippen LogP contribution in [0.25, 0.3) is 0 Å². The Hall–Kier alpha value is 0.152. The number of morpholine rings is 1. The van der Waals surface area contributed by atoms with E-state index >= 15 is 0 Å². The summed E-state index contributed by atoms with van der Waals surface area (Å²) < 4.78 is 5.56. The van der Waals surface area contributed by atoms with Crippen molar-refractivity contribution >= 4 is 31.8 Å². The zero-order chi connectivity index (χ0) is 10.6. The van der Waals surface area contributed by atoms with E-state index in [0.29, 0.717) is 22.7 Å². The minimum absolute atomic E-state index is 0.0713. The third-order valence-electron chi connectivity index (χ3n) is 2.24. The molecule has 0 aromatic rings. The molecule has 5 heteroatoms. The molecule has 1 atom stereocenters. The number of nitrogens with one attached hydrogen (secondary N) is 1. The normalized spacial score (nSPS) is 19.6. The number of ether oxygens (including phenoxy) is 1. The molecule has 0 aromatic carbocycles. The Kier molecular flexibility index (Phi) is 5.15. The third-order valence-corrected chi connectivity index (χ3v) is 5.40. The molecule has 3 radical (unpaired) electrons. The van der Waals surface area contributed by atoms with Crippen LogP contribution in [-0.2, 0) is 4.74 Å². The summed E-state index contributed by atoms with van der Waals surface area (Å²) in [6, 6.07) is 0.0713. The second-order valence-electron chi connectivity index (χ2n) is 3.77. The third kappa shape index (κ3) is 3.72. The summed E-state index contributed by atoms with van der Waals surface area (Å²) in [6.45, 7) is 7.05. The standard InChI is InChI=1S/C9H17N2O2.Pb/c1-8(2)7-10-9(12)11-3-5-13-6-4-11;/h7-8H,3-6H2,1-2H3,(H,10,12);. The van der Waals surface area contributed by atoms with Crippen LogP contribution in [0.2, 0.25) is 0 Å². The van der Waals surface area contributed by atoms with Crippen LogP contribution in [-0.4, -0.2) is 66.6 Å². The van der Waals surface area contributed by atoms with E-state index in [0.717, 1.165) is 38.9 Å². The molecule has 0 saturated carbocycles. The zero-order valence-corrected chi connectivity index (χ0v) is 12.6. The van der Waals surface area contributed by atoms with Crippen LogP contribution in [0.3, 0.4) is 0 Å². The molecule has 1 heterocycles. The molecule has 1 N–H and O–H groups in total. The molecule has 2 amide bonds. The van der Waals surface area contributed by atoms with Crippen LogP contribution in [0.1, 0.15) is 13.8 Å². The Balaban J connectivity index is 2.33. The summed E-state index contributed by atoms with van der Waals surface area (Å²) in [5.41, 5.74) is 0. The van der Waals surface area contributed by atoms with Gasteiger partial charge < -0.3 is 0 Å². The van der Waals surface area contributed by atoms with Gasteiger partial charge in [-0.15, -0.1) is 0 Å². The van der Waals surface area contributed by atoms with Crippen LogP contribution in [0.15, 0.2) is 0 Å². The van der Waals surface area contributed by atoms with Crippen LogP contribution < -0.4 is 5.32 Å². The van der Waals surface area contributed by atoms with Crippen molar-refractivity contribution in [3.05, 3.63) is 0 Å². The first-order chi connectivity index (χ1) is 6.61. The number of urea groups is 1. The molecule has 0 aromatic heterocycles. The van der Waals surface area contributed by atoms with Gasteiger partial charge in [-0.05, 0) is 0 Å². The van der Waals surface area contributed by atoms with E-state index < -0.39 is 0 Å². The first-order valence-corrected chi connectivity index (χ1v) is 7.20. The van der Waals surface area contributed by atoms with Gasteiger partial charge in [0, 0.05) is 0 Å². The van der Waals surface area contributed by atoms with Crippen LogP contribution in [0.5, 0.6) is 0 Å². The Bertz CT molecular complexity index is 193. The number of hydrogen-bond donors (Lipinski definition) is 1. The molecule has 0 spiro atoms. The number of carbonyl (C=O) groups excluding carboxylic acids is 1. The van der Waals surface area contributed by atoms with Crippen LogP contribution >= 0.6 is 0 Å². The van der Waals surface area contributed by atoms with Gasteiger partial charge >= 0.3 is 101 Å². The van der Waals surface area contributed by atoms with E-state index in [1.807, 2.05) is 4.90 Å². The zero-order valence-electron chi connectivity index (χ0n) is 8.75. The van der Waals surface area contributed by atoms with Gasteiger partial charge in [-0.3, -0.25) is 0 Å². The van der Waals surface area contributed by atoms with Gasteiger partial charge in [0.05, 0.1) is 0 Å². The monoisotopic (exact) mass is 393 g/mol. The van der Waals surface area contributed by atoms with Gasteiger partial charge in [0.25, 0.3) is 0 Å². The SMILES string of the molecule is CC(C)[CH]([Pb])NC(=O)N1CCOCC1. The quantitative estimate of drug-likeness (QED) is 0.682. The van der Waals surface area contributed by atoms with Crippen molar-refractivity contribution in [1.82, 2.24) is 10.2 Å². The fraction of sp³-hybridized carbons (Fsp3) is 0.889. The van der Waals surface area contributed by atoms with Crippen molar-refractivity contribution in [3.63, 3.8) is 0 Å². The second-order valence-corrected chi connectivity index (χ2v) is 6.19. The maximum absolute atomic E-state index is 11.7. The topological polar surface area (TPSA) is 41.6 Å². The molecule has 1 saturated heterocycles. The number of carbonyl (C=O) groups is 1. The van der Waals surface area contributed by atoms with Gasteiger partial charge in [0.2, 0.25) is 0 Å². The molecule has 1 aliphatic rings. The van der Waals surface area contributed by atoms with Gasteiger partial charge in [-0.1, -0.05) is 0 Å². The summed E-state index contributed by atoms with van der Waals surface area (Å²) in [7, 11) is 0. The average molecular weight is 392 g/mol. The van der Waals surface area contributed by atoms with E-state index in [1.54, 1.807) is 0 Å². The van der Waals surface area contributed by atoms with Crippen molar-refractivity contribution in [2.45, 2.75) is 17.4 Å². The number of nitrogens with zero attached hydrogens (tertiary/aromatic N) is 1. The number of rotatable bonds is 2. The van der Waals surface area contributed by atoms with Crippen molar-refractivity contribution < 1.29 is 9.53 Å². The summed E-state index contributed by atoms with van der Waals surface area (Å²) in [4.78, 5) is 13.5. The first-order valence-electron chi connectivity index (χ1n) is 4.95. The summed E-state index contributed by atoms with van der Waals surface area (Å²) in [6.07, 6.45) is 0. The fourth-order valence-electron chi connectivity index (χ4n) is 1.16. The number of hydrogen-bond acceptors (Lipinski definition) is 2. The van der Waals surface area contributed by atoms with Crippen LogP contribution in [0, 0.1) is 5.92 Å².